The second kappa shape index (κ2) is 6.50. The summed E-state index contributed by atoms with van der Waals surface area (Å²) in [5.74, 6) is 0.852. The van der Waals surface area contributed by atoms with Gasteiger partial charge in [-0.05, 0) is 44.0 Å². The first-order valence-electron chi connectivity index (χ1n) is 7.23. The third-order valence-corrected chi connectivity index (χ3v) is 3.96. The molecule has 1 aromatic carbocycles. The molecule has 0 radical (unpaired) electrons. The third-order valence-electron chi connectivity index (χ3n) is 3.72. The minimum atomic E-state index is 0.208. The molecule has 0 N–H and O–H groups in total. The molecule has 0 saturated carbocycles. The van der Waals surface area contributed by atoms with E-state index in [4.69, 9.17) is 21.1 Å². The lowest BCUT2D eigenvalue weighted by atomic mass is 10.2. The van der Waals surface area contributed by atoms with Crippen LogP contribution in [0.25, 0.3) is 0 Å². The topological polar surface area (TPSA) is 36.3 Å². The van der Waals surface area contributed by atoms with Crippen LogP contribution in [-0.2, 0) is 11.3 Å². The highest BCUT2D eigenvalue weighted by Crippen LogP contribution is 2.25. The molecule has 1 aliphatic heterocycles. The standard InChI is InChI=1S/C16H19ClN2O2/c1-12-6-7-18-19(12)10-13-9-14(17)4-5-16(13)21-11-15-3-2-8-20-15/h4-7,9,15H,2-3,8,10-11H2,1H3. The fourth-order valence-electron chi connectivity index (χ4n) is 2.50. The van der Waals surface area contributed by atoms with Crippen molar-refractivity contribution in [1.29, 1.82) is 0 Å². The molecule has 0 amide bonds. The maximum Gasteiger partial charge on any atom is 0.124 e. The molecule has 112 valence electrons. The van der Waals surface area contributed by atoms with Gasteiger partial charge in [-0.3, -0.25) is 4.68 Å². The molecule has 1 aromatic heterocycles. The van der Waals surface area contributed by atoms with Crippen LogP contribution in [0, 0.1) is 6.92 Å². The number of halogens is 1. The molecule has 0 spiro atoms. The number of hydrogen-bond donors (Lipinski definition) is 0. The smallest absolute Gasteiger partial charge is 0.124 e. The van der Waals surface area contributed by atoms with Crippen molar-refractivity contribution in [1.82, 2.24) is 9.78 Å². The molecule has 1 atom stereocenters. The lowest BCUT2D eigenvalue weighted by Crippen LogP contribution is -2.17. The molecule has 21 heavy (non-hydrogen) atoms. The summed E-state index contributed by atoms with van der Waals surface area (Å²) >= 11 is 6.11. The molecule has 2 aromatic rings. The van der Waals surface area contributed by atoms with E-state index in [2.05, 4.69) is 5.10 Å². The lowest BCUT2D eigenvalue weighted by Gasteiger charge is -2.15. The Bertz CT molecular complexity index is 606. The normalized spacial score (nSPS) is 18.1. The molecule has 5 heteroatoms. The van der Waals surface area contributed by atoms with E-state index in [9.17, 15) is 0 Å². The van der Waals surface area contributed by atoms with E-state index in [0.717, 1.165) is 36.5 Å². The van der Waals surface area contributed by atoms with E-state index in [1.54, 1.807) is 6.20 Å². The van der Waals surface area contributed by atoms with Crippen molar-refractivity contribution in [2.24, 2.45) is 0 Å². The summed E-state index contributed by atoms with van der Waals surface area (Å²) in [7, 11) is 0. The summed E-state index contributed by atoms with van der Waals surface area (Å²) in [6.45, 7) is 4.12. The second-order valence-corrected chi connectivity index (χ2v) is 5.76. The Morgan fingerprint density at radius 1 is 1.43 bits per heavy atom. The number of benzene rings is 1. The van der Waals surface area contributed by atoms with Crippen LogP contribution in [-0.4, -0.2) is 29.1 Å². The van der Waals surface area contributed by atoms with Gasteiger partial charge in [0.25, 0.3) is 0 Å². The fraction of sp³-hybridized carbons (Fsp3) is 0.438. The Hall–Kier alpha value is -1.52. The monoisotopic (exact) mass is 306 g/mol. The van der Waals surface area contributed by atoms with Crippen LogP contribution in [0.1, 0.15) is 24.1 Å². The average molecular weight is 307 g/mol. The van der Waals surface area contributed by atoms with Gasteiger partial charge in [-0.1, -0.05) is 11.6 Å². The molecule has 1 aliphatic rings. The van der Waals surface area contributed by atoms with Crippen molar-refractivity contribution in [2.45, 2.75) is 32.4 Å². The molecule has 1 fully saturated rings. The average Bonchev–Trinajstić information content (AvgIpc) is 3.11. The van der Waals surface area contributed by atoms with Gasteiger partial charge in [0.15, 0.2) is 0 Å². The molecule has 1 saturated heterocycles. The third kappa shape index (κ3) is 3.57. The Balaban J connectivity index is 1.74. The fourth-order valence-corrected chi connectivity index (χ4v) is 2.69. The van der Waals surface area contributed by atoms with Crippen LogP contribution in [0.2, 0.25) is 5.02 Å². The van der Waals surface area contributed by atoms with Crippen molar-refractivity contribution in [3.05, 3.63) is 46.7 Å². The number of rotatable bonds is 5. The van der Waals surface area contributed by atoms with Gasteiger partial charge in [-0.15, -0.1) is 0 Å². The quantitative estimate of drug-likeness (QED) is 0.849. The second-order valence-electron chi connectivity index (χ2n) is 5.33. The highest BCUT2D eigenvalue weighted by atomic mass is 35.5. The first kappa shape index (κ1) is 14.4. The molecule has 4 nitrogen and oxygen atoms in total. The highest BCUT2D eigenvalue weighted by molar-refractivity contribution is 6.30. The van der Waals surface area contributed by atoms with Gasteiger partial charge in [-0.25, -0.2) is 0 Å². The summed E-state index contributed by atoms with van der Waals surface area (Å²) in [5, 5.41) is 5.02. The summed E-state index contributed by atoms with van der Waals surface area (Å²) in [6, 6.07) is 7.70. The van der Waals surface area contributed by atoms with Crippen LogP contribution in [0.5, 0.6) is 5.75 Å². The number of nitrogens with zero attached hydrogens (tertiary/aromatic N) is 2. The van der Waals surface area contributed by atoms with E-state index in [-0.39, 0.29) is 6.10 Å². The number of ether oxygens (including phenoxy) is 2. The van der Waals surface area contributed by atoms with Crippen LogP contribution in [0.4, 0.5) is 0 Å². The predicted molar refractivity (Wildman–Crippen MR) is 82.0 cm³/mol. The Kier molecular flexibility index (Phi) is 4.46. The van der Waals surface area contributed by atoms with Crippen molar-refractivity contribution in [3.8, 4) is 5.75 Å². The Labute approximate surface area is 129 Å². The van der Waals surface area contributed by atoms with Crippen LogP contribution >= 0.6 is 11.6 Å². The first-order valence-corrected chi connectivity index (χ1v) is 7.61. The maximum atomic E-state index is 6.11. The van der Waals surface area contributed by atoms with Crippen LogP contribution < -0.4 is 4.74 Å². The summed E-state index contributed by atoms with van der Waals surface area (Å²) < 4.78 is 13.5. The van der Waals surface area contributed by atoms with Crippen molar-refractivity contribution < 1.29 is 9.47 Å². The minimum Gasteiger partial charge on any atom is -0.491 e. The predicted octanol–water partition coefficient (Wildman–Crippen LogP) is 3.45. The van der Waals surface area contributed by atoms with Gasteiger partial charge in [0, 0.05) is 29.1 Å². The molecule has 3 rings (SSSR count). The van der Waals surface area contributed by atoms with Gasteiger partial charge in [0.2, 0.25) is 0 Å². The largest absolute Gasteiger partial charge is 0.491 e. The summed E-state index contributed by atoms with van der Waals surface area (Å²) in [4.78, 5) is 0. The Morgan fingerprint density at radius 2 is 2.33 bits per heavy atom. The van der Waals surface area contributed by atoms with E-state index in [1.165, 1.54) is 0 Å². The summed E-state index contributed by atoms with van der Waals surface area (Å²) in [5.41, 5.74) is 2.15. The van der Waals surface area contributed by atoms with Crippen molar-refractivity contribution in [2.75, 3.05) is 13.2 Å². The molecule has 2 heterocycles. The van der Waals surface area contributed by atoms with E-state index >= 15 is 0 Å². The first-order chi connectivity index (χ1) is 10.2. The molecule has 0 bridgehead atoms. The van der Waals surface area contributed by atoms with Crippen molar-refractivity contribution in [3.63, 3.8) is 0 Å². The van der Waals surface area contributed by atoms with E-state index in [0.29, 0.717) is 18.2 Å². The van der Waals surface area contributed by atoms with E-state index in [1.807, 2.05) is 35.9 Å². The highest BCUT2D eigenvalue weighted by Gasteiger charge is 2.17. The van der Waals surface area contributed by atoms with E-state index < -0.39 is 0 Å². The SMILES string of the molecule is Cc1ccnn1Cc1cc(Cl)ccc1OCC1CCCO1. The van der Waals surface area contributed by atoms with Gasteiger partial charge in [-0.2, -0.15) is 5.10 Å². The van der Waals surface area contributed by atoms with Crippen LogP contribution in [0.3, 0.4) is 0 Å². The van der Waals surface area contributed by atoms with Crippen molar-refractivity contribution >= 4 is 11.6 Å². The molecule has 1 unspecified atom stereocenters. The number of aryl methyl sites for hydroxylation is 1. The van der Waals surface area contributed by atoms with Gasteiger partial charge >= 0.3 is 0 Å². The van der Waals surface area contributed by atoms with Gasteiger partial charge < -0.3 is 9.47 Å². The van der Waals surface area contributed by atoms with Gasteiger partial charge in [0.05, 0.1) is 12.6 Å². The number of hydrogen-bond acceptors (Lipinski definition) is 3. The lowest BCUT2D eigenvalue weighted by molar-refractivity contribution is 0.0676. The Morgan fingerprint density at radius 3 is 3.05 bits per heavy atom. The van der Waals surface area contributed by atoms with Crippen LogP contribution in [0.15, 0.2) is 30.5 Å². The van der Waals surface area contributed by atoms with Gasteiger partial charge in [0.1, 0.15) is 12.4 Å². The zero-order valence-corrected chi connectivity index (χ0v) is 12.8. The minimum absolute atomic E-state index is 0.208. The molecular formula is C16H19ClN2O2. The maximum absolute atomic E-state index is 6.11. The summed E-state index contributed by atoms with van der Waals surface area (Å²) in [6.07, 6.45) is 4.20. The zero-order valence-electron chi connectivity index (χ0n) is 12.1. The molecular weight excluding hydrogens is 288 g/mol. The molecule has 0 aliphatic carbocycles. The number of aromatic nitrogens is 2. The zero-order chi connectivity index (χ0) is 14.7.